The number of benzene rings is 1. The van der Waals surface area contributed by atoms with Crippen LogP contribution in [0.15, 0.2) is 36.9 Å². The number of carbonyl (C=O) groups is 3. The molecule has 0 saturated carbocycles. The van der Waals surface area contributed by atoms with Crippen molar-refractivity contribution < 1.29 is 33.7 Å². The van der Waals surface area contributed by atoms with Crippen LogP contribution in [0, 0.1) is 0 Å². The molecule has 0 aliphatic rings. The highest BCUT2D eigenvalue weighted by Gasteiger charge is 2.21. The molecule has 1 N–H and O–H groups in total. The summed E-state index contributed by atoms with van der Waals surface area (Å²) in [6.45, 7) is 4.61. The molecule has 1 aromatic carbocycles. The van der Waals surface area contributed by atoms with Crippen molar-refractivity contribution in [3.8, 4) is 0 Å². The van der Waals surface area contributed by atoms with Crippen LogP contribution in [0.4, 0.5) is 0 Å². The van der Waals surface area contributed by atoms with Crippen molar-refractivity contribution in [3.05, 3.63) is 48.0 Å². The lowest BCUT2D eigenvalue weighted by Crippen LogP contribution is -2.26. The highest BCUT2D eigenvalue weighted by Crippen LogP contribution is 2.13. The van der Waals surface area contributed by atoms with E-state index in [1.807, 2.05) is 0 Å². The monoisotopic (exact) mass is 336 g/mol. The number of carbonyl (C=O) groups excluding carboxylic acids is 3. The molecule has 7 heteroatoms. The Morgan fingerprint density at radius 3 is 2.25 bits per heavy atom. The first-order valence-corrected chi connectivity index (χ1v) is 7.40. The highest BCUT2D eigenvalue weighted by atomic mass is 16.6. The number of hydrogen-bond acceptors (Lipinski definition) is 7. The van der Waals surface area contributed by atoms with E-state index in [1.165, 1.54) is 12.1 Å². The minimum absolute atomic E-state index is 0.0498. The Hall–Kier alpha value is -2.67. The molecule has 0 aromatic heterocycles. The van der Waals surface area contributed by atoms with Gasteiger partial charge >= 0.3 is 17.9 Å². The number of aliphatic hydroxyl groups is 1. The van der Waals surface area contributed by atoms with Gasteiger partial charge < -0.3 is 19.3 Å². The van der Waals surface area contributed by atoms with Crippen LogP contribution in [0.25, 0.3) is 0 Å². The standard InChI is InChI=1S/C17H20O7/c1-3-15(19)24-12(9-10-18)11-23-17(21)14-8-6-5-7-13(14)16(20)22-4-2/h3,5-8,12,18H,1,4,9-11H2,2H3. The highest BCUT2D eigenvalue weighted by molar-refractivity contribution is 6.03. The van der Waals surface area contributed by atoms with Gasteiger partial charge in [-0.25, -0.2) is 14.4 Å². The number of esters is 3. The Morgan fingerprint density at radius 2 is 1.75 bits per heavy atom. The molecular formula is C17H20O7. The van der Waals surface area contributed by atoms with Gasteiger partial charge in [0, 0.05) is 19.1 Å². The lowest BCUT2D eigenvalue weighted by molar-refractivity contribution is -0.145. The van der Waals surface area contributed by atoms with E-state index < -0.39 is 24.0 Å². The number of rotatable bonds is 9. The van der Waals surface area contributed by atoms with Crippen LogP contribution >= 0.6 is 0 Å². The molecule has 24 heavy (non-hydrogen) atoms. The summed E-state index contributed by atoms with van der Waals surface area (Å²) in [5.74, 6) is -2.07. The zero-order valence-electron chi connectivity index (χ0n) is 13.4. The van der Waals surface area contributed by atoms with E-state index >= 15 is 0 Å². The van der Waals surface area contributed by atoms with Gasteiger partial charge in [0.05, 0.1) is 17.7 Å². The maximum absolute atomic E-state index is 12.2. The molecule has 0 fully saturated rings. The van der Waals surface area contributed by atoms with Crippen molar-refractivity contribution in [3.63, 3.8) is 0 Å². The minimum atomic E-state index is -0.806. The van der Waals surface area contributed by atoms with Crippen molar-refractivity contribution >= 4 is 17.9 Å². The summed E-state index contributed by atoms with van der Waals surface area (Å²) < 4.78 is 14.9. The van der Waals surface area contributed by atoms with E-state index in [0.29, 0.717) is 0 Å². The second kappa shape index (κ2) is 10.2. The fourth-order valence-corrected chi connectivity index (χ4v) is 1.83. The predicted octanol–water partition coefficient (Wildman–Crippen LogP) is 1.50. The van der Waals surface area contributed by atoms with Crippen LogP contribution in [0.3, 0.4) is 0 Å². The molecule has 0 radical (unpaired) electrons. The van der Waals surface area contributed by atoms with Gasteiger partial charge in [0.15, 0.2) is 0 Å². The molecule has 0 saturated heterocycles. The minimum Gasteiger partial charge on any atom is -0.462 e. The molecule has 0 aliphatic carbocycles. The molecule has 0 aliphatic heterocycles. The fourth-order valence-electron chi connectivity index (χ4n) is 1.83. The van der Waals surface area contributed by atoms with Crippen LogP contribution in [0.5, 0.6) is 0 Å². The van der Waals surface area contributed by atoms with Crippen molar-refractivity contribution in [1.29, 1.82) is 0 Å². The fraction of sp³-hybridized carbons (Fsp3) is 0.353. The third kappa shape index (κ3) is 5.85. The van der Waals surface area contributed by atoms with E-state index in [0.717, 1.165) is 6.08 Å². The molecule has 1 unspecified atom stereocenters. The average Bonchev–Trinajstić information content (AvgIpc) is 2.59. The molecule has 1 aromatic rings. The quantitative estimate of drug-likeness (QED) is 0.414. The Kier molecular flexibility index (Phi) is 8.21. The maximum atomic E-state index is 12.2. The van der Waals surface area contributed by atoms with Crippen molar-refractivity contribution in [2.75, 3.05) is 19.8 Å². The second-order valence-electron chi connectivity index (χ2n) is 4.64. The predicted molar refractivity (Wildman–Crippen MR) is 84.5 cm³/mol. The molecule has 1 rings (SSSR count). The van der Waals surface area contributed by atoms with E-state index in [2.05, 4.69) is 6.58 Å². The summed E-state index contributed by atoms with van der Waals surface area (Å²) in [7, 11) is 0. The molecule has 0 heterocycles. The summed E-state index contributed by atoms with van der Waals surface area (Å²) in [6, 6.07) is 6.08. The lowest BCUT2D eigenvalue weighted by Gasteiger charge is -2.16. The van der Waals surface area contributed by atoms with Crippen LogP contribution in [-0.4, -0.2) is 48.9 Å². The van der Waals surface area contributed by atoms with Crippen molar-refractivity contribution in [2.24, 2.45) is 0 Å². The summed E-state index contributed by atoms with van der Waals surface area (Å²) in [5, 5.41) is 8.96. The van der Waals surface area contributed by atoms with Crippen LogP contribution < -0.4 is 0 Å². The smallest absolute Gasteiger partial charge is 0.339 e. The number of aliphatic hydroxyl groups excluding tert-OH is 1. The molecule has 0 amide bonds. The van der Waals surface area contributed by atoms with Gasteiger partial charge in [0.25, 0.3) is 0 Å². The Bertz CT molecular complexity index is 594. The Balaban J connectivity index is 2.78. The zero-order valence-corrected chi connectivity index (χ0v) is 13.4. The van der Waals surface area contributed by atoms with Gasteiger partial charge in [-0.05, 0) is 19.1 Å². The normalized spacial score (nSPS) is 11.2. The van der Waals surface area contributed by atoms with Crippen molar-refractivity contribution in [2.45, 2.75) is 19.4 Å². The second-order valence-corrected chi connectivity index (χ2v) is 4.64. The molecular weight excluding hydrogens is 316 g/mol. The third-order valence-corrected chi connectivity index (χ3v) is 2.94. The van der Waals surface area contributed by atoms with E-state index in [1.54, 1.807) is 19.1 Å². The molecule has 130 valence electrons. The van der Waals surface area contributed by atoms with E-state index in [4.69, 9.17) is 19.3 Å². The van der Waals surface area contributed by atoms with Crippen LogP contribution in [-0.2, 0) is 19.0 Å². The Morgan fingerprint density at radius 1 is 1.17 bits per heavy atom. The number of hydrogen-bond donors (Lipinski definition) is 1. The summed E-state index contributed by atoms with van der Waals surface area (Å²) in [6.07, 6.45) is 0.272. The first kappa shape index (κ1) is 19.4. The average molecular weight is 336 g/mol. The number of ether oxygens (including phenoxy) is 3. The molecule has 0 spiro atoms. The van der Waals surface area contributed by atoms with Gasteiger partial charge in [-0.2, -0.15) is 0 Å². The first-order valence-electron chi connectivity index (χ1n) is 7.40. The summed E-state index contributed by atoms with van der Waals surface area (Å²) in [4.78, 5) is 35.2. The van der Waals surface area contributed by atoms with Gasteiger partial charge in [-0.1, -0.05) is 18.7 Å². The third-order valence-electron chi connectivity index (χ3n) is 2.94. The lowest BCUT2D eigenvalue weighted by atomic mass is 10.1. The largest absolute Gasteiger partial charge is 0.462 e. The SMILES string of the molecule is C=CC(=O)OC(CCO)COC(=O)c1ccccc1C(=O)OCC. The van der Waals surface area contributed by atoms with Crippen molar-refractivity contribution in [1.82, 2.24) is 0 Å². The molecule has 1 atom stereocenters. The van der Waals surface area contributed by atoms with Crippen LogP contribution in [0.1, 0.15) is 34.1 Å². The molecule has 0 bridgehead atoms. The van der Waals surface area contributed by atoms with Gasteiger partial charge in [-0.3, -0.25) is 0 Å². The van der Waals surface area contributed by atoms with Crippen LogP contribution in [0.2, 0.25) is 0 Å². The van der Waals surface area contributed by atoms with E-state index in [-0.39, 0.29) is 37.4 Å². The van der Waals surface area contributed by atoms with Gasteiger partial charge in [0.2, 0.25) is 0 Å². The zero-order chi connectivity index (χ0) is 17.9. The van der Waals surface area contributed by atoms with E-state index in [9.17, 15) is 14.4 Å². The Labute approximate surface area is 139 Å². The molecule has 7 nitrogen and oxygen atoms in total. The summed E-state index contributed by atoms with van der Waals surface area (Å²) in [5.41, 5.74) is 0.139. The summed E-state index contributed by atoms with van der Waals surface area (Å²) >= 11 is 0. The topological polar surface area (TPSA) is 99.1 Å². The maximum Gasteiger partial charge on any atom is 0.339 e. The first-order chi connectivity index (χ1) is 11.5. The van der Waals surface area contributed by atoms with Gasteiger partial charge in [0.1, 0.15) is 12.7 Å². The van der Waals surface area contributed by atoms with Gasteiger partial charge in [-0.15, -0.1) is 0 Å².